The summed E-state index contributed by atoms with van der Waals surface area (Å²) in [5.41, 5.74) is 3.84. The smallest absolute Gasteiger partial charge is 0.258 e. The molecular formula is C20H22N2O4. The van der Waals surface area contributed by atoms with Crippen LogP contribution in [0.3, 0.4) is 0 Å². The summed E-state index contributed by atoms with van der Waals surface area (Å²) in [6.07, 6.45) is 0.669. The van der Waals surface area contributed by atoms with E-state index in [0.29, 0.717) is 29.2 Å². The summed E-state index contributed by atoms with van der Waals surface area (Å²) in [6.45, 7) is 2.00. The summed E-state index contributed by atoms with van der Waals surface area (Å²) in [6, 6.07) is 11.2. The van der Waals surface area contributed by atoms with Crippen molar-refractivity contribution < 1.29 is 19.0 Å². The third-order valence-electron chi connectivity index (χ3n) is 4.31. The minimum absolute atomic E-state index is 0.145. The van der Waals surface area contributed by atoms with Crippen molar-refractivity contribution in [2.75, 3.05) is 32.0 Å². The SMILES string of the molecule is CC/C(Nc1ccc(OC)cc1)=C1/C(=O)Nc2cc(OC)c(OC)cc21. The molecule has 0 fully saturated rings. The predicted molar refractivity (Wildman–Crippen MR) is 102 cm³/mol. The van der Waals surface area contributed by atoms with Crippen molar-refractivity contribution in [1.82, 2.24) is 0 Å². The topological polar surface area (TPSA) is 68.8 Å². The highest BCUT2D eigenvalue weighted by atomic mass is 16.5. The lowest BCUT2D eigenvalue weighted by Gasteiger charge is -2.14. The molecule has 6 nitrogen and oxygen atoms in total. The Balaban J connectivity index is 2.03. The van der Waals surface area contributed by atoms with Gasteiger partial charge in [0.15, 0.2) is 11.5 Å². The van der Waals surface area contributed by atoms with Crippen LogP contribution in [0, 0.1) is 0 Å². The minimum atomic E-state index is -0.145. The van der Waals surface area contributed by atoms with Gasteiger partial charge in [-0.05, 0) is 36.8 Å². The third kappa shape index (κ3) is 3.18. The molecule has 26 heavy (non-hydrogen) atoms. The van der Waals surface area contributed by atoms with E-state index in [2.05, 4.69) is 10.6 Å². The molecule has 0 unspecified atom stereocenters. The molecule has 0 aromatic heterocycles. The van der Waals surface area contributed by atoms with Crippen molar-refractivity contribution in [3.05, 3.63) is 47.7 Å². The molecule has 1 amide bonds. The number of hydrogen-bond donors (Lipinski definition) is 2. The van der Waals surface area contributed by atoms with Crippen LogP contribution in [0.25, 0.3) is 5.57 Å². The maximum Gasteiger partial charge on any atom is 0.258 e. The zero-order valence-corrected chi connectivity index (χ0v) is 15.3. The molecule has 0 saturated heterocycles. The number of amides is 1. The highest BCUT2D eigenvalue weighted by Crippen LogP contribution is 2.42. The lowest BCUT2D eigenvalue weighted by atomic mass is 10.0. The zero-order valence-electron chi connectivity index (χ0n) is 15.3. The van der Waals surface area contributed by atoms with Crippen molar-refractivity contribution in [3.63, 3.8) is 0 Å². The summed E-state index contributed by atoms with van der Waals surface area (Å²) >= 11 is 0. The lowest BCUT2D eigenvalue weighted by Crippen LogP contribution is -2.10. The maximum absolute atomic E-state index is 12.6. The van der Waals surface area contributed by atoms with Crippen molar-refractivity contribution in [2.24, 2.45) is 0 Å². The lowest BCUT2D eigenvalue weighted by molar-refractivity contribution is -0.110. The van der Waals surface area contributed by atoms with Gasteiger partial charge in [0.05, 0.1) is 32.6 Å². The Kier molecular flexibility index (Phi) is 5.02. The molecule has 0 spiro atoms. The Morgan fingerprint density at radius 1 is 1.00 bits per heavy atom. The van der Waals surface area contributed by atoms with E-state index in [9.17, 15) is 4.79 Å². The first-order chi connectivity index (χ1) is 12.6. The second-order valence-corrected chi connectivity index (χ2v) is 5.77. The van der Waals surface area contributed by atoms with Gasteiger partial charge >= 0.3 is 0 Å². The van der Waals surface area contributed by atoms with Crippen molar-refractivity contribution in [2.45, 2.75) is 13.3 Å². The van der Waals surface area contributed by atoms with E-state index in [1.165, 1.54) is 0 Å². The van der Waals surface area contributed by atoms with Crippen LogP contribution in [-0.4, -0.2) is 27.2 Å². The first kappa shape index (κ1) is 17.7. The van der Waals surface area contributed by atoms with E-state index >= 15 is 0 Å². The van der Waals surface area contributed by atoms with Gasteiger partial charge in [0.25, 0.3) is 5.91 Å². The van der Waals surface area contributed by atoms with Gasteiger partial charge in [-0.1, -0.05) is 6.92 Å². The van der Waals surface area contributed by atoms with Gasteiger partial charge in [-0.3, -0.25) is 4.79 Å². The Morgan fingerprint density at radius 3 is 2.23 bits per heavy atom. The van der Waals surface area contributed by atoms with Crippen molar-refractivity contribution in [1.29, 1.82) is 0 Å². The number of benzene rings is 2. The average molecular weight is 354 g/mol. The molecular weight excluding hydrogens is 332 g/mol. The third-order valence-corrected chi connectivity index (χ3v) is 4.31. The molecule has 1 heterocycles. The summed E-state index contributed by atoms with van der Waals surface area (Å²) in [4.78, 5) is 12.6. The number of carbonyl (C=O) groups is 1. The van der Waals surface area contributed by atoms with Crippen LogP contribution in [0.5, 0.6) is 17.2 Å². The summed E-state index contributed by atoms with van der Waals surface area (Å²) in [5, 5.41) is 6.25. The minimum Gasteiger partial charge on any atom is -0.497 e. The van der Waals surface area contributed by atoms with E-state index in [-0.39, 0.29) is 5.91 Å². The maximum atomic E-state index is 12.6. The number of anilines is 2. The summed E-state index contributed by atoms with van der Waals surface area (Å²) in [7, 11) is 4.78. The monoisotopic (exact) mass is 354 g/mol. The van der Waals surface area contributed by atoms with Gasteiger partial charge in [-0.15, -0.1) is 0 Å². The Bertz CT molecular complexity index is 857. The van der Waals surface area contributed by atoms with Gasteiger partial charge in [-0.25, -0.2) is 0 Å². The Morgan fingerprint density at radius 2 is 1.65 bits per heavy atom. The Hall–Kier alpha value is -3.15. The molecule has 3 rings (SSSR count). The van der Waals surface area contributed by atoms with Crippen LogP contribution in [0.2, 0.25) is 0 Å². The molecule has 0 radical (unpaired) electrons. The zero-order chi connectivity index (χ0) is 18.7. The predicted octanol–water partition coefficient (Wildman–Crippen LogP) is 3.90. The van der Waals surface area contributed by atoms with Gasteiger partial charge < -0.3 is 24.8 Å². The van der Waals surface area contributed by atoms with Gasteiger partial charge in [0, 0.05) is 23.0 Å². The summed E-state index contributed by atoms with van der Waals surface area (Å²) in [5.74, 6) is 1.80. The molecule has 0 bridgehead atoms. The molecule has 1 aliphatic rings. The van der Waals surface area contributed by atoms with Crippen LogP contribution in [0.1, 0.15) is 18.9 Å². The fourth-order valence-corrected chi connectivity index (χ4v) is 2.97. The first-order valence-electron chi connectivity index (χ1n) is 8.33. The van der Waals surface area contributed by atoms with Crippen LogP contribution in [-0.2, 0) is 4.79 Å². The fourth-order valence-electron chi connectivity index (χ4n) is 2.97. The number of carbonyl (C=O) groups excluding carboxylic acids is 1. The normalized spacial score (nSPS) is 14.4. The van der Waals surface area contributed by atoms with Crippen molar-refractivity contribution >= 4 is 22.9 Å². The van der Waals surface area contributed by atoms with Crippen molar-refractivity contribution in [3.8, 4) is 17.2 Å². The second-order valence-electron chi connectivity index (χ2n) is 5.77. The average Bonchev–Trinajstić information content (AvgIpc) is 3.00. The van der Waals surface area contributed by atoms with E-state index in [0.717, 1.165) is 22.7 Å². The highest BCUT2D eigenvalue weighted by Gasteiger charge is 2.29. The molecule has 2 aromatic rings. The Labute approximate surface area is 152 Å². The molecule has 0 aliphatic carbocycles. The van der Waals surface area contributed by atoms with Crippen LogP contribution in [0.15, 0.2) is 42.1 Å². The van der Waals surface area contributed by atoms with E-state index < -0.39 is 0 Å². The summed E-state index contributed by atoms with van der Waals surface area (Å²) < 4.78 is 15.9. The number of fused-ring (bicyclic) bond motifs is 1. The van der Waals surface area contributed by atoms with Gasteiger partial charge in [0.1, 0.15) is 5.75 Å². The molecule has 136 valence electrons. The van der Waals surface area contributed by atoms with E-state index in [4.69, 9.17) is 14.2 Å². The second kappa shape index (κ2) is 7.39. The molecule has 0 atom stereocenters. The quantitative estimate of drug-likeness (QED) is 0.770. The molecule has 6 heteroatoms. The number of rotatable bonds is 6. The first-order valence-corrected chi connectivity index (χ1v) is 8.33. The number of methoxy groups -OCH3 is 3. The van der Waals surface area contributed by atoms with E-state index in [1.807, 2.05) is 37.3 Å². The van der Waals surface area contributed by atoms with Gasteiger partial charge in [0.2, 0.25) is 0 Å². The molecule has 2 aromatic carbocycles. The molecule has 0 saturated carbocycles. The molecule has 2 N–H and O–H groups in total. The standard InChI is InChI=1S/C20H22N2O4/c1-5-15(21-12-6-8-13(24-2)9-7-12)19-14-10-17(25-3)18(26-4)11-16(14)22-20(19)23/h6-11,21H,5H2,1-4H3,(H,22,23)/b19-15-. The molecule has 1 aliphatic heterocycles. The van der Waals surface area contributed by atoms with E-state index in [1.54, 1.807) is 27.4 Å². The van der Waals surface area contributed by atoms with Crippen LogP contribution < -0.4 is 24.8 Å². The highest BCUT2D eigenvalue weighted by molar-refractivity contribution is 6.32. The van der Waals surface area contributed by atoms with Gasteiger partial charge in [-0.2, -0.15) is 0 Å². The number of ether oxygens (including phenoxy) is 3. The van der Waals surface area contributed by atoms with Crippen LogP contribution in [0.4, 0.5) is 11.4 Å². The van der Waals surface area contributed by atoms with Crippen LogP contribution >= 0.6 is 0 Å². The largest absolute Gasteiger partial charge is 0.497 e. The number of allylic oxidation sites excluding steroid dienone is 1. The number of hydrogen-bond acceptors (Lipinski definition) is 5. The fraction of sp³-hybridized carbons (Fsp3) is 0.250. The number of nitrogens with one attached hydrogen (secondary N) is 2.